The van der Waals surface area contributed by atoms with Crippen molar-refractivity contribution >= 4 is 0 Å². The Morgan fingerprint density at radius 1 is 1.00 bits per heavy atom. The highest BCUT2D eigenvalue weighted by atomic mass is 14.9. The summed E-state index contributed by atoms with van der Waals surface area (Å²) in [6, 6.07) is 0.806. The summed E-state index contributed by atoms with van der Waals surface area (Å²) in [5.74, 6) is 2.95. The second kappa shape index (κ2) is 6.05. The first-order valence-corrected chi connectivity index (χ1v) is 7.48. The third-order valence-electron chi connectivity index (χ3n) is 5.13. The maximum Gasteiger partial charge on any atom is 0.00975 e. The Morgan fingerprint density at radius 3 is 2.31 bits per heavy atom. The van der Waals surface area contributed by atoms with Crippen molar-refractivity contribution in [2.24, 2.45) is 17.8 Å². The SMILES string of the molecule is CNC(CC1CCCCC1)C1CCCC1C. The number of hydrogen-bond donors (Lipinski definition) is 1. The predicted molar refractivity (Wildman–Crippen MR) is 70.5 cm³/mol. The van der Waals surface area contributed by atoms with Crippen LogP contribution >= 0.6 is 0 Å². The zero-order chi connectivity index (χ0) is 11.4. The van der Waals surface area contributed by atoms with Crippen LogP contribution in [0.5, 0.6) is 0 Å². The average molecular weight is 223 g/mol. The quantitative estimate of drug-likeness (QED) is 0.760. The topological polar surface area (TPSA) is 12.0 Å². The lowest BCUT2D eigenvalue weighted by Crippen LogP contribution is -2.37. The Labute approximate surface area is 101 Å². The number of rotatable bonds is 4. The lowest BCUT2D eigenvalue weighted by atomic mass is 9.79. The molecule has 94 valence electrons. The van der Waals surface area contributed by atoms with E-state index in [2.05, 4.69) is 19.3 Å². The van der Waals surface area contributed by atoms with Crippen molar-refractivity contribution in [3.05, 3.63) is 0 Å². The molecular weight excluding hydrogens is 194 g/mol. The lowest BCUT2D eigenvalue weighted by molar-refractivity contribution is 0.232. The summed E-state index contributed by atoms with van der Waals surface area (Å²) in [7, 11) is 2.18. The Bertz CT molecular complexity index is 196. The van der Waals surface area contributed by atoms with E-state index in [0.29, 0.717) is 0 Å². The van der Waals surface area contributed by atoms with Gasteiger partial charge in [-0.25, -0.2) is 0 Å². The Kier molecular flexibility index (Phi) is 4.69. The van der Waals surface area contributed by atoms with Crippen LogP contribution in [0.25, 0.3) is 0 Å². The number of nitrogens with one attached hydrogen (secondary N) is 1. The minimum absolute atomic E-state index is 0.806. The summed E-state index contributed by atoms with van der Waals surface area (Å²) in [5, 5.41) is 3.62. The van der Waals surface area contributed by atoms with E-state index in [1.165, 1.54) is 57.8 Å². The summed E-state index contributed by atoms with van der Waals surface area (Å²) in [4.78, 5) is 0. The van der Waals surface area contributed by atoms with Crippen molar-refractivity contribution in [2.75, 3.05) is 7.05 Å². The molecule has 0 radical (unpaired) electrons. The molecule has 3 unspecified atom stereocenters. The molecule has 2 saturated carbocycles. The van der Waals surface area contributed by atoms with Crippen molar-refractivity contribution in [3.8, 4) is 0 Å². The molecule has 0 aliphatic heterocycles. The van der Waals surface area contributed by atoms with Gasteiger partial charge >= 0.3 is 0 Å². The fourth-order valence-corrected chi connectivity index (χ4v) is 4.06. The van der Waals surface area contributed by atoms with E-state index in [9.17, 15) is 0 Å². The van der Waals surface area contributed by atoms with Gasteiger partial charge in [0.2, 0.25) is 0 Å². The van der Waals surface area contributed by atoms with Gasteiger partial charge in [0.15, 0.2) is 0 Å². The first kappa shape index (κ1) is 12.4. The Balaban J connectivity index is 1.84. The molecule has 1 N–H and O–H groups in total. The molecule has 0 aromatic heterocycles. The van der Waals surface area contributed by atoms with Crippen molar-refractivity contribution in [3.63, 3.8) is 0 Å². The van der Waals surface area contributed by atoms with Gasteiger partial charge in [0.1, 0.15) is 0 Å². The van der Waals surface area contributed by atoms with E-state index in [0.717, 1.165) is 23.8 Å². The van der Waals surface area contributed by atoms with E-state index in [1.54, 1.807) is 0 Å². The minimum Gasteiger partial charge on any atom is -0.317 e. The van der Waals surface area contributed by atoms with Gasteiger partial charge in [-0.3, -0.25) is 0 Å². The van der Waals surface area contributed by atoms with E-state index < -0.39 is 0 Å². The molecule has 2 rings (SSSR count). The molecule has 0 aromatic carbocycles. The molecule has 16 heavy (non-hydrogen) atoms. The van der Waals surface area contributed by atoms with Crippen LogP contribution in [0, 0.1) is 17.8 Å². The van der Waals surface area contributed by atoms with Crippen LogP contribution in [-0.4, -0.2) is 13.1 Å². The van der Waals surface area contributed by atoms with Crippen LogP contribution in [0.15, 0.2) is 0 Å². The van der Waals surface area contributed by atoms with Gasteiger partial charge in [-0.15, -0.1) is 0 Å². The van der Waals surface area contributed by atoms with Crippen LogP contribution in [0.1, 0.15) is 64.7 Å². The highest BCUT2D eigenvalue weighted by molar-refractivity contribution is 4.86. The third-order valence-corrected chi connectivity index (χ3v) is 5.13. The fraction of sp³-hybridized carbons (Fsp3) is 1.00. The molecule has 2 fully saturated rings. The summed E-state index contributed by atoms with van der Waals surface area (Å²) >= 11 is 0. The van der Waals surface area contributed by atoms with Crippen LogP contribution in [-0.2, 0) is 0 Å². The Morgan fingerprint density at radius 2 is 1.75 bits per heavy atom. The van der Waals surface area contributed by atoms with E-state index in [4.69, 9.17) is 0 Å². The molecular formula is C15H29N. The molecule has 0 saturated heterocycles. The second-order valence-electron chi connectivity index (χ2n) is 6.21. The summed E-state index contributed by atoms with van der Waals surface area (Å²) in [6.45, 7) is 2.46. The molecule has 0 spiro atoms. The first-order valence-electron chi connectivity index (χ1n) is 7.48. The predicted octanol–water partition coefficient (Wildman–Crippen LogP) is 3.98. The van der Waals surface area contributed by atoms with Crippen molar-refractivity contribution in [1.82, 2.24) is 5.32 Å². The maximum absolute atomic E-state index is 3.62. The van der Waals surface area contributed by atoms with Crippen molar-refractivity contribution in [1.29, 1.82) is 0 Å². The third kappa shape index (κ3) is 3.00. The van der Waals surface area contributed by atoms with Gasteiger partial charge in [0, 0.05) is 6.04 Å². The van der Waals surface area contributed by atoms with Crippen LogP contribution in [0.2, 0.25) is 0 Å². The van der Waals surface area contributed by atoms with Gasteiger partial charge < -0.3 is 5.32 Å². The lowest BCUT2D eigenvalue weighted by Gasteiger charge is -2.31. The molecule has 0 aromatic rings. The van der Waals surface area contributed by atoms with Gasteiger partial charge in [-0.1, -0.05) is 51.9 Å². The van der Waals surface area contributed by atoms with Crippen LogP contribution < -0.4 is 5.32 Å². The first-order chi connectivity index (χ1) is 7.81. The van der Waals surface area contributed by atoms with Crippen LogP contribution in [0.3, 0.4) is 0 Å². The number of hydrogen-bond acceptors (Lipinski definition) is 1. The standard InChI is InChI=1S/C15H29N/c1-12-7-6-10-14(12)15(16-2)11-13-8-4-3-5-9-13/h12-16H,3-11H2,1-2H3. The molecule has 2 aliphatic carbocycles. The van der Waals surface area contributed by atoms with Crippen molar-refractivity contribution in [2.45, 2.75) is 70.8 Å². The van der Waals surface area contributed by atoms with Gasteiger partial charge in [0.05, 0.1) is 0 Å². The monoisotopic (exact) mass is 223 g/mol. The molecule has 1 heteroatoms. The highest BCUT2D eigenvalue weighted by Gasteiger charge is 2.31. The minimum atomic E-state index is 0.806. The van der Waals surface area contributed by atoms with Gasteiger partial charge in [0.25, 0.3) is 0 Å². The summed E-state index contributed by atoms with van der Waals surface area (Å²) in [6.07, 6.45) is 13.3. The van der Waals surface area contributed by atoms with E-state index >= 15 is 0 Å². The zero-order valence-electron chi connectivity index (χ0n) is 11.2. The average Bonchev–Trinajstić information content (AvgIpc) is 2.74. The normalized spacial score (nSPS) is 34.1. The smallest absolute Gasteiger partial charge is 0.00975 e. The molecule has 0 amide bonds. The van der Waals surface area contributed by atoms with Gasteiger partial charge in [-0.05, 0) is 37.6 Å². The van der Waals surface area contributed by atoms with Crippen molar-refractivity contribution < 1.29 is 0 Å². The second-order valence-corrected chi connectivity index (χ2v) is 6.21. The Hall–Kier alpha value is -0.0400. The van der Waals surface area contributed by atoms with E-state index in [1.807, 2.05) is 0 Å². The molecule has 3 atom stereocenters. The van der Waals surface area contributed by atoms with E-state index in [-0.39, 0.29) is 0 Å². The maximum atomic E-state index is 3.62. The highest BCUT2D eigenvalue weighted by Crippen LogP contribution is 2.37. The zero-order valence-corrected chi connectivity index (χ0v) is 11.2. The van der Waals surface area contributed by atoms with Gasteiger partial charge in [-0.2, -0.15) is 0 Å². The summed E-state index contributed by atoms with van der Waals surface area (Å²) < 4.78 is 0. The van der Waals surface area contributed by atoms with Crippen LogP contribution in [0.4, 0.5) is 0 Å². The molecule has 0 heterocycles. The molecule has 0 bridgehead atoms. The largest absolute Gasteiger partial charge is 0.317 e. The summed E-state index contributed by atoms with van der Waals surface area (Å²) in [5.41, 5.74) is 0. The molecule has 2 aliphatic rings. The fourth-order valence-electron chi connectivity index (χ4n) is 4.06. The molecule has 1 nitrogen and oxygen atoms in total.